The lowest BCUT2D eigenvalue weighted by Gasteiger charge is -2.25. The number of aromatic nitrogens is 1. The Bertz CT molecular complexity index is 1460. The molecule has 0 bridgehead atoms. The summed E-state index contributed by atoms with van der Waals surface area (Å²) in [6.45, 7) is 0. The number of para-hydroxylation sites is 1. The molecule has 3 amide bonds. The first-order valence-corrected chi connectivity index (χ1v) is 10.8. The molecule has 1 atom stereocenters. The van der Waals surface area contributed by atoms with Crippen LogP contribution in [0.2, 0.25) is 0 Å². The van der Waals surface area contributed by atoms with Crippen LogP contribution in [0, 0.1) is 10.1 Å². The lowest BCUT2D eigenvalue weighted by Crippen LogP contribution is -2.48. The average Bonchev–Trinajstić information content (AvgIpc) is 3.13. The van der Waals surface area contributed by atoms with Gasteiger partial charge in [-0.05, 0) is 29.8 Å². The molecule has 0 unspecified atom stereocenters. The number of hydrogen-bond donors (Lipinski definition) is 1. The third-order valence-electron chi connectivity index (χ3n) is 5.91. The van der Waals surface area contributed by atoms with Crippen LogP contribution in [0.5, 0.6) is 0 Å². The van der Waals surface area contributed by atoms with Crippen molar-refractivity contribution in [2.75, 3.05) is 5.32 Å². The summed E-state index contributed by atoms with van der Waals surface area (Å²) in [7, 11) is 0. The van der Waals surface area contributed by atoms with Crippen LogP contribution >= 0.6 is 0 Å². The first kappa shape index (κ1) is 21.9. The third kappa shape index (κ3) is 3.99. The molecule has 5 rings (SSSR count). The molecule has 0 saturated carbocycles. The number of nitro groups is 1. The van der Waals surface area contributed by atoms with Crippen molar-refractivity contribution in [2.45, 2.75) is 12.5 Å². The lowest BCUT2D eigenvalue weighted by atomic mass is 10.0. The Hall–Kier alpha value is -4.92. The number of imide groups is 1. The number of hydrogen-bond acceptors (Lipinski definition) is 6. The zero-order valence-corrected chi connectivity index (χ0v) is 18.3. The number of nitro benzene ring substituents is 1. The van der Waals surface area contributed by atoms with E-state index < -0.39 is 28.7 Å². The molecule has 0 aliphatic carbocycles. The fourth-order valence-electron chi connectivity index (χ4n) is 4.19. The van der Waals surface area contributed by atoms with Crippen LogP contribution in [0.15, 0.2) is 85.1 Å². The molecular formula is C26H18N4O5. The minimum absolute atomic E-state index is 0.0203. The van der Waals surface area contributed by atoms with E-state index in [-0.39, 0.29) is 23.2 Å². The van der Waals surface area contributed by atoms with Gasteiger partial charge in [-0.2, -0.15) is 0 Å². The van der Waals surface area contributed by atoms with Crippen LogP contribution in [0.1, 0.15) is 26.3 Å². The maximum atomic E-state index is 13.6. The van der Waals surface area contributed by atoms with E-state index in [9.17, 15) is 24.5 Å². The summed E-state index contributed by atoms with van der Waals surface area (Å²) < 4.78 is 0. The van der Waals surface area contributed by atoms with E-state index in [1.54, 1.807) is 48.7 Å². The summed E-state index contributed by atoms with van der Waals surface area (Å²) in [6, 6.07) is 19.8. The Labute approximate surface area is 199 Å². The molecule has 1 aromatic heterocycles. The fraction of sp³-hybridized carbons (Fsp3) is 0.0769. The van der Waals surface area contributed by atoms with E-state index in [0.29, 0.717) is 16.8 Å². The number of rotatable bonds is 6. The standard InChI is InChI=1S/C26H18N4O5/c31-24(28-21-9-3-5-17-6-4-14-27-23(17)21)22(15-16-10-12-18(13-11-16)30(34)35)29-25(32)19-7-1-2-8-20(19)26(29)33/h1-14,22H,15H2,(H,28,31)/t22-/m0/s1. The molecule has 1 aliphatic rings. The maximum absolute atomic E-state index is 13.6. The predicted octanol–water partition coefficient (Wildman–Crippen LogP) is 3.99. The van der Waals surface area contributed by atoms with Gasteiger partial charge in [0.1, 0.15) is 6.04 Å². The number of anilines is 1. The van der Waals surface area contributed by atoms with Gasteiger partial charge in [0.05, 0.1) is 27.3 Å². The van der Waals surface area contributed by atoms with Crippen molar-refractivity contribution >= 4 is 40.0 Å². The van der Waals surface area contributed by atoms with Gasteiger partial charge in [-0.15, -0.1) is 0 Å². The number of nitrogens with one attached hydrogen (secondary N) is 1. The minimum atomic E-state index is -1.19. The van der Waals surface area contributed by atoms with Gasteiger partial charge < -0.3 is 5.32 Å². The summed E-state index contributed by atoms with van der Waals surface area (Å²) in [5, 5.41) is 14.7. The maximum Gasteiger partial charge on any atom is 0.269 e. The highest BCUT2D eigenvalue weighted by Crippen LogP contribution is 2.28. The number of carbonyl (C=O) groups excluding carboxylic acids is 3. The van der Waals surface area contributed by atoms with Gasteiger partial charge >= 0.3 is 0 Å². The van der Waals surface area contributed by atoms with Gasteiger partial charge in [0.25, 0.3) is 17.5 Å². The highest BCUT2D eigenvalue weighted by atomic mass is 16.6. The average molecular weight is 466 g/mol. The van der Waals surface area contributed by atoms with E-state index in [1.807, 2.05) is 12.1 Å². The number of nitrogens with zero attached hydrogens (tertiary/aromatic N) is 3. The van der Waals surface area contributed by atoms with Crippen LogP contribution in [0.3, 0.4) is 0 Å². The fourth-order valence-corrected chi connectivity index (χ4v) is 4.19. The molecule has 0 radical (unpaired) electrons. The van der Waals surface area contributed by atoms with Gasteiger partial charge in [-0.3, -0.25) is 34.4 Å². The third-order valence-corrected chi connectivity index (χ3v) is 5.91. The number of amides is 3. The van der Waals surface area contributed by atoms with Crippen molar-refractivity contribution in [3.63, 3.8) is 0 Å². The smallest absolute Gasteiger partial charge is 0.269 e. The van der Waals surface area contributed by atoms with Crippen molar-refractivity contribution < 1.29 is 19.3 Å². The van der Waals surface area contributed by atoms with E-state index >= 15 is 0 Å². The molecule has 9 heteroatoms. The predicted molar refractivity (Wildman–Crippen MR) is 128 cm³/mol. The zero-order chi connectivity index (χ0) is 24.5. The Morgan fingerprint density at radius 2 is 1.57 bits per heavy atom. The lowest BCUT2D eigenvalue weighted by molar-refractivity contribution is -0.384. The summed E-state index contributed by atoms with van der Waals surface area (Å²) in [5.74, 6) is -1.71. The molecule has 0 spiro atoms. The first-order valence-electron chi connectivity index (χ1n) is 10.8. The number of pyridine rings is 1. The quantitative estimate of drug-likeness (QED) is 0.260. The Morgan fingerprint density at radius 1 is 0.914 bits per heavy atom. The van der Waals surface area contributed by atoms with E-state index in [2.05, 4.69) is 10.3 Å². The van der Waals surface area contributed by atoms with Crippen LogP contribution in [0.25, 0.3) is 10.9 Å². The van der Waals surface area contributed by atoms with Gasteiger partial charge in [-0.1, -0.05) is 42.5 Å². The minimum Gasteiger partial charge on any atom is -0.322 e. The SMILES string of the molecule is O=C(Nc1cccc2cccnc12)[C@H](Cc1ccc([N+](=O)[O-])cc1)N1C(=O)c2ccccc2C1=O. The molecule has 0 fully saturated rings. The number of non-ortho nitro benzene ring substituents is 1. The van der Waals surface area contributed by atoms with E-state index in [4.69, 9.17) is 0 Å². The van der Waals surface area contributed by atoms with Crippen LogP contribution in [0.4, 0.5) is 11.4 Å². The van der Waals surface area contributed by atoms with E-state index in [0.717, 1.165) is 10.3 Å². The Balaban J connectivity index is 1.52. The molecule has 35 heavy (non-hydrogen) atoms. The molecular weight excluding hydrogens is 448 g/mol. The topological polar surface area (TPSA) is 123 Å². The molecule has 1 aliphatic heterocycles. The van der Waals surface area contributed by atoms with Crippen LogP contribution in [-0.4, -0.2) is 38.6 Å². The zero-order valence-electron chi connectivity index (χ0n) is 18.3. The molecule has 9 nitrogen and oxygen atoms in total. The molecule has 4 aromatic rings. The van der Waals surface area contributed by atoms with Crippen molar-refractivity contribution in [1.82, 2.24) is 9.88 Å². The second-order valence-electron chi connectivity index (χ2n) is 8.04. The highest BCUT2D eigenvalue weighted by Gasteiger charge is 2.42. The summed E-state index contributed by atoms with van der Waals surface area (Å²) >= 11 is 0. The Morgan fingerprint density at radius 3 is 2.23 bits per heavy atom. The molecule has 0 saturated heterocycles. The second kappa shape index (κ2) is 8.79. The summed E-state index contributed by atoms with van der Waals surface area (Å²) in [4.78, 5) is 55.7. The normalized spacial score (nSPS) is 13.5. The van der Waals surface area contributed by atoms with Crippen molar-refractivity contribution in [1.29, 1.82) is 0 Å². The summed E-state index contributed by atoms with van der Waals surface area (Å²) in [6.07, 6.45) is 1.59. The van der Waals surface area contributed by atoms with Gasteiger partial charge in [0, 0.05) is 30.1 Å². The summed E-state index contributed by atoms with van der Waals surface area (Å²) in [5.41, 5.74) is 1.93. The highest BCUT2D eigenvalue weighted by molar-refractivity contribution is 6.23. The molecule has 3 aromatic carbocycles. The molecule has 1 N–H and O–H groups in total. The Kier molecular flexibility index (Phi) is 5.50. The van der Waals surface area contributed by atoms with Gasteiger partial charge in [0.2, 0.25) is 5.91 Å². The van der Waals surface area contributed by atoms with Crippen molar-refractivity contribution in [3.05, 3.63) is 112 Å². The first-order chi connectivity index (χ1) is 16.9. The number of fused-ring (bicyclic) bond motifs is 2. The van der Waals surface area contributed by atoms with Crippen LogP contribution < -0.4 is 5.32 Å². The van der Waals surface area contributed by atoms with Crippen molar-refractivity contribution in [2.24, 2.45) is 0 Å². The van der Waals surface area contributed by atoms with E-state index in [1.165, 1.54) is 24.3 Å². The number of carbonyl (C=O) groups is 3. The van der Waals surface area contributed by atoms with Crippen LogP contribution in [-0.2, 0) is 11.2 Å². The monoisotopic (exact) mass is 466 g/mol. The van der Waals surface area contributed by atoms with Crippen molar-refractivity contribution in [3.8, 4) is 0 Å². The molecule has 2 heterocycles. The molecule has 172 valence electrons. The largest absolute Gasteiger partial charge is 0.322 e. The number of benzene rings is 3. The van der Waals surface area contributed by atoms with Gasteiger partial charge in [0.15, 0.2) is 0 Å². The second-order valence-corrected chi connectivity index (χ2v) is 8.04. The van der Waals surface area contributed by atoms with Gasteiger partial charge in [-0.25, -0.2) is 0 Å².